The summed E-state index contributed by atoms with van der Waals surface area (Å²) in [5.41, 5.74) is 5.35. The number of amides is 1. The summed E-state index contributed by atoms with van der Waals surface area (Å²) < 4.78 is 10.1. The molecule has 0 spiro atoms. The number of phenols is 1. The second-order valence-electron chi connectivity index (χ2n) is 6.54. The van der Waals surface area contributed by atoms with Gasteiger partial charge in [-0.05, 0) is 44.7 Å². The van der Waals surface area contributed by atoms with E-state index in [1.165, 1.54) is 6.07 Å². The normalized spacial score (nSPS) is 12.6. The number of ether oxygens (including phenoxy) is 1. The molecule has 0 fully saturated rings. The molecule has 1 aliphatic carbocycles. The average molecular weight is 373 g/mol. The molecular formula is C21H15N3O4. The van der Waals surface area contributed by atoms with Crippen LogP contribution in [0.25, 0.3) is 22.2 Å². The fourth-order valence-electron chi connectivity index (χ4n) is 3.70. The van der Waals surface area contributed by atoms with Crippen molar-refractivity contribution in [2.24, 2.45) is 0 Å². The first-order valence-corrected chi connectivity index (χ1v) is 8.78. The monoisotopic (exact) mass is 373 g/mol. The molecule has 1 aliphatic rings. The second kappa shape index (κ2) is 6.38. The Labute approximate surface area is 159 Å². The molecular weight excluding hydrogens is 358 g/mol. The van der Waals surface area contributed by atoms with Gasteiger partial charge < -0.3 is 9.84 Å². The number of nitrogens with zero attached hydrogens (tertiary/aromatic N) is 2. The number of nitrogens with one attached hydrogen (secondary N) is 1. The highest BCUT2D eigenvalue weighted by Crippen LogP contribution is 2.44. The Bertz CT molecular complexity index is 1160. The third-order valence-electron chi connectivity index (χ3n) is 4.98. The Kier molecular flexibility index (Phi) is 3.72. The van der Waals surface area contributed by atoms with Crippen LogP contribution in [0.5, 0.6) is 5.75 Å². The molecule has 5 rings (SSSR count). The standard InChI is InChI=1S/C21H15N3O4/c25-18-10-9-17-19(24-28-23-17)20(18)22-21(26)27-11-16-14-7-3-1-5-12(14)13-6-2-4-8-15(13)16/h1-10,16,25H,11H2,(H,22,26). The number of hydrogen-bond acceptors (Lipinski definition) is 6. The van der Waals surface area contributed by atoms with Gasteiger partial charge in [0.1, 0.15) is 23.6 Å². The van der Waals surface area contributed by atoms with Crippen molar-refractivity contribution in [3.8, 4) is 16.9 Å². The van der Waals surface area contributed by atoms with Crippen LogP contribution in [0.15, 0.2) is 65.3 Å². The van der Waals surface area contributed by atoms with Crippen molar-refractivity contribution < 1.29 is 19.3 Å². The van der Waals surface area contributed by atoms with Crippen LogP contribution in [0.2, 0.25) is 0 Å². The van der Waals surface area contributed by atoms with Gasteiger partial charge in [0.25, 0.3) is 0 Å². The first-order valence-electron chi connectivity index (χ1n) is 8.78. The van der Waals surface area contributed by atoms with Gasteiger partial charge in [0.05, 0.1) is 0 Å². The van der Waals surface area contributed by atoms with E-state index in [1.54, 1.807) is 6.07 Å². The average Bonchev–Trinajstić information content (AvgIpc) is 3.32. The summed E-state index contributed by atoms with van der Waals surface area (Å²) in [7, 11) is 0. The summed E-state index contributed by atoms with van der Waals surface area (Å²) in [4.78, 5) is 12.4. The van der Waals surface area contributed by atoms with E-state index in [0.29, 0.717) is 5.52 Å². The second-order valence-corrected chi connectivity index (χ2v) is 6.54. The predicted octanol–water partition coefficient (Wildman–Crippen LogP) is 4.29. The molecule has 1 aromatic heterocycles. The minimum atomic E-state index is -0.687. The third-order valence-corrected chi connectivity index (χ3v) is 4.98. The third kappa shape index (κ3) is 2.56. The van der Waals surface area contributed by atoms with Crippen LogP contribution < -0.4 is 5.32 Å². The van der Waals surface area contributed by atoms with E-state index < -0.39 is 6.09 Å². The number of rotatable bonds is 3. The zero-order valence-corrected chi connectivity index (χ0v) is 14.6. The first kappa shape index (κ1) is 16.3. The number of aromatic nitrogens is 2. The molecule has 2 N–H and O–H groups in total. The highest BCUT2D eigenvalue weighted by Gasteiger charge is 2.29. The molecule has 1 heterocycles. The minimum Gasteiger partial charge on any atom is -0.506 e. The smallest absolute Gasteiger partial charge is 0.411 e. The fourth-order valence-corrected chi connectivity index (χ4v) is 3.70. The number of fused-ring (bicyclic) bond motifs is 4. The Morgan fingerprint density at radius 2 is 1.68 bits per heavy atom. The molecule has 4 aromatic rings. The number of benzene rings is 3. The molecule has 28 heavy (non-hydrogen) atoms. The molecule has 0 radical (unpaired) electrons. The van der Waals surface area contributed by atoms with Crippen LogP contribution in [-0.2, 0) is 4.74 Å². The summed E-state index contributed by atoms with van der Waals surface area (Å²) >= 11 is 0. The van der Waals surface area contributed by atoms with Crippen LogP contribution in [0.4, 0.5) is 10.5 Å². The maximum atomic E-state index is 12.4. The van der Waals surface area contributed by atoms with Gasteiger partial charge in [-0.15, -0.1) is 0 Å². The van der Waals surface area contributed by atoms with Crippen LogP contribution in [0.1, 0.15) is 17.0 Å². The predicted molar refractivity (Wildman–Crippen MR) is 102 cm³/mol. The molecule has 0 saturated heterocycles. The lowest BCUT2D eigenvalue weighted by atomic mass is 9.98. The lowest BCUT2D eigenvalue weighted by molar-refractivity contribution is 0.158. The van der Waals surface area contributed by atoms with Crippen molar-refractivity contribution in [2.75, 3.05) is 11.9 Å². The van der Waals surface area contributed by atoms with E-state index in [9.17, 15) is 9.90 Å². The van der Waals surface area contributed by atoms with Crippen molar-refractivity contribution in [1.82, 2.24) is 10.3 Å². The van der Waals surface area contributed by atoms with E-state index in [0.717, 1.165) is 22.3 Å². The minimum absolute atomic E-state index is 0.0451. The van der Waals surface area contributed by atoms with Gasteiger partial charge in [0.2, 0.25) is 0 Å². The highest BCUT2D eigenvalue weighted by molar-refractivity contribution is 5.99. The molecule has 7 heteroatoms. The summed E-state index contributed by atoms with van der Waals surface area (Å²) in [6.45, 7) is 0.174. The largest absolute Gasteiger partial charge is 0.506 e. The first-order chi connectivity index (χ1) is 13.7. The number of phenolic OH excluding ortho intramolecular Hbond substituents is 1. The molecule has 0 bridgehead atoms. The van der Waals surface area contributed by atoms with Gasteiger partial charge in [-0.3, -0.25) is 5.32 Å². The zero-order valence-electron chi connectivity index (χ0n) is 14.6. The molecule has 1 amide bonds. The lowest BCUT2D eigenvalue weighted by Crippen LogP contribution is -2.18. The van der Waals surface area contributed by atoms with Crippen LogP contribution >= 0.6 is 0 Å². The van der Waals surface area contributed by atoms with Crippen LogP contribution in [0, 0.1) is 0 Å². The Morgan fingerprint density at radius 3 is 2.39 bits per heavy atom. The SMILES string of the molecule is O=C(Nc1c(O)ccc2nonc12)OCC1c2ccccc2-c2ccccc21. The number of anilines is 1. The Morgan fingerprint density at radius 1 is 1.00 bits per heavy atom. The maximum Gasteiger partial charge on any atom is 0.411 e. The Hall–Kier alpha value is -3.87. The molecule has 3 aromatic carbocycles. The number of carbonyl (C=O) groups is 1. The summed E-state index contributed by atoms with van der Waals surface area (Å²) in [5.74, 6) is -0.187. The summed E-state index contributed by atoms with van der Waals surface area (Å²) in [6, 6.07) is 19.2. The van der Waals surface area contributed by atoms with Crippen LogP contribution in [-0.4, -0.2) is 28.1 Å². The zero-order chi connectivity index (χ0) is 19.1. The van der Waals surface area contributed by atoms with Gasteiger partial charge in [0, 0.05) is 5.92 Å². The van der Waals surface area contributed by atoms with E-state index >= 15 is 0 Å². The van der Waals surface area contributed by atoms with Gasteiger partial charge in [-0.1, -0.05) is 48.5 Å². The number of carbonyl (C=O) groups excluding carboxylic acids is 1. The molecule has 0 atom stereocenters. The number of aromatic hydroxyl groups is 1. The molecule has 0 aliphatic heterocycles. The fraction of sp³-hybridized carbons (Fsp3) is 0.0952. The van der Waals surface area contributed by atoms with E-state index in [2.05, 4.69) is 44.5 Å². The Balaban J connectivity index is 1.37. The molecule has 138 valence electrons. The van der Waals surface area contributed by atoms with Gasteiger partial charge >= 0.3 is 6.09 Å². The molecule has 0 saturated carbocycles. The summed E-state index contributed by atoms with van der Waals surface area (Å²) in [6.07, 6.45) is -0.687. The van der Waals surface area contributed by atoms with Crippen molar-refractivity contribution >= 4 is 22.8 Å². The van der Waals surface area contributed by atoms with Crippen LogP contribution in [0.3, 0.4) is 0 Å². The summed E-state index contributed by atoms with van der Waals surface area (Å²) in [5, 5.41) is 20.0. The van der Waals surface area contributed by atoms with E-state index in [4.69, 9.17) is 4.74 Å². The highest BCUT2D eigenvalue weighted by atomic mass is 16.6. The topological polar surface area (TPSA) is 97.5 Å². The van der Waals surface area contributed by atoms with Gasteiger partial charge in [-0.2, -0.15) is 0 Å². The van der Waals surface area contributed by atoms with Crippen molar-refractivity contribution in [2.45, 2.75) is 5.92 Å². The van der Waals surface area contributed by atoms with E-state index in [1.807, 2.05) is 24.3 Å². The van der Waals surface area contributed by atoms with Gasteiger partial charge in [0.15, 0.2) is 5.52 Å². The lowest BCUT2D eigenvalue weighted by Gasteiger charge is -2.15. The van der Waals surface area contributed by atoms with Crippen molar-refractivity contribution in [3.63, 3.8) is 0 Å². The maximum absolute atomic E-state index is 12.4. The van der Waals surface area contributed by atoms with Crippen molar-refractivity contribution in [3.05, 3.63) is 71.8 Å². The molecule has 0 unspecified atom stereocenters. The van der Waals surface area contributed by atoms with Crippen molar-refractivity contribution in [1.29, 1.82) is 0 Å². The number of hydrogen-bond donors (Lipinski definition) is 2. The van der Waals surface area contributed by atoms with Gasteiger partial charge in [-0.25, -0.2) is 9.42 Å². The van der Waals surface area contributed by atoms with E-state index in [-0.39, 0.29) is 29.5 Å². The quantitative estimate of drug-likeness (QED) is 0.520. The molecule has 7 nitrogen and oxygen atoms in total.